The molecule has 0 radical (unpaired) electrons. The zero-order chi connectivity index (χ0) is 35.0. The van der Waals surface area contributed by atoms with E-state index in [1.807, 2.05) is 44.4 Å². The highest BCUT2D eigenvalue weighted by atomic mass is 19.4. The molecule has 13 nitrogen and oxygen atoms in total. The summed E-state index contributed by atoms with van der Waals surface area (Å²) in [5, 5.41) is 25.3. The van der Waals surface area contributed by atoms with Crippen molar-refractivity contribution < 1.29 is 51.6 Å². The molecule has 0 aliphatic carbocycles. The fraction of sp³-hybridized carbons (Fsp3) is 0.355. The molecule has 4 aromatic rings. The number of hydrogen-bond acceptors (Lipinski definition) is 9. The Bertz CT molecular complexity index is 1750. The monoisotopic (exact) mass is 676 g/mol. The molecule has 0 spiro atoms. The Labute approximate surface area is 271 Å². The number of amides is 1. The summed E-state index contributed by atoms with van der Waals surface area (Å²) in [6, 6.07) is 12.5. The number of nitrogens with zero attached hydrogens (tertiary/aromatic N) is 5. The van der Waals surface area contributed by atoms with Crippen molar-refractivity contribution in [3.63, 3.8) is 0 Å². The highest BCUT2D eigenvalue weighted by Crippen LogP contribution is 2.33. The van der Waals surface area contributed by atoms with Crippen molar-refractivity contribution in [2.24, 2.45) is 7.05 Å². The first-order valence-corrected chi connectivity index (χ1v) is 14.6. The minimum atomic E-state index is -5.08. The van der Waals surface area contributed by atoms with Gasteiger partial charge in [0.2, 0.25) is 0 Å². The third-order valence-corrected chi connectivity index (χ3v) is 7.27. The van der Waals surface area contributed by atoms with Crippen molar-refractivity contribution in [2.45, 2.75) is 44.2 Å². The van der Waals surface area contributed by atoms with Crippen LogP contribution in [0.2, 0.25) is 0 Å². The van der Waals surface area contributed by atoms with Crippen molar-refractivity contribution in [1.82, 2.24) is 30.0 Å². The number of aryl methyl sites for hydroxylation is 2. The van der Waals surface area contributed by atoms with Gasteiger partial charge in [-0.15, -0.1) is 0 Å². The van der Waals surface area contributed by atoms with Gasteiger partial charge in [-0.1, -0.05) is 30.3 Å². The van der Waals surface area contributed by atoms with E-state index >= 15 is 0 Å². The van der Waals surface area contributed by atoms with Crippen molar-refractivity contribution in [3.8, 4) is 17.3 Å². The number of halogens is 4. The first-order valence-electron chi connectivity index (χ1n) is 14.6. The molecular formula is C31H32F4N6O7. The number of alkyl halides is 3. The summed E-state index contributed by atoms with van der Waals surface area (Å²) in [6.07, 6.45) is -3.37. The molecule has 17 heteroatoms. The molecule has 0 saturated carbocycles. The predicted molar refractivity (Wildman–Crippen MR) is 161 cm³/mol. The molecular weight excluding hydrogens is 644 g/mol. The molecule has 0 unspecified atom stereocenters. The van der Waals surface area contributed by atoms with Gasteiger partial charge in [-0.25, -0.2) is 23.8 Å². The van der Waals surface area contributed by atoms with E-state index in [-0.39, 0.29) is 25.6 Å². The van der Waals surface area contributed by atoms with Gasteiger partial charge < -0.3 is 25.0 Å². The van der Waals surface area contributed by atoms with E-state index in [1.165, 1.54) is 18.3 Å². The van der Waals surface area contributed by atoms with Crippen LogP contribution in [-0.2, 0) is 34.4 Å². The van der Waals surface area contributed by atoms with Crippen molar-refractivity contribution in [3.05, 3.63) is 71.8 Å². The maximum absolute atomic E-state index is 14.6. The van der Waals surface area contributed by atoms with Crippen LogP contribution in [0.15, 0.2) is 54.7 Å². The van der Waals surface area contributed by atoms with Gasteiger partial charge >= 0.3 is 30.2 Å². The zero-order valence-corrected chi connectivity index (χ0v) is 25.8. The molecule has 1 saturated heterocycles. The molecule has 256 valence electrons. The number of benzene rings is 2. The average Bonchev–Trinajstić information content (AvgIpc) is 3.60. The van der Waals surface area contributed by atoms with Gasteiger partial charge in [0.15, 0.2) is 0 Å². The average molecular weight is 677 g/mol. The Morgan fingerprint density at radius 3 is 2.46 bits per heavy atom. The first-order chi connectivity index (χ1) is 22.8. The number of carboxylic acids is 2. The van der Waals surface area contributed by atoms with E-state index in [2.05, 4.69) is 20.4 Å². The molecule has 48 heavy (non-hydrogen) atoms. The van der Waals surface area contributed by atoms with Crippen LogP contribution in [0.25, 0.3) is 22.2 Å². The van der Waals surface area contributed by atoms with Gasteiger partial charge in [-0.3, -0.25) is 9.58 Å². The van der Waals surface area contributed by atoms with E-state index in [0.29, 0.717) is 16.8 Å². The lowest BCUT2D eigenvalue weighted by molar-refractivity contribution is -0.192. The van der Waals surface area contributed by atoms with Gasteiger partial charge in [0.25, 0.3) is 0 Å². The zero-order valence-electron chi connectivity index (χ0n) is 25.8. The third kappa shape index (κ3) is 8.93. The van der Waals surface area contributed by atoms with E-state index in [1.54, 1.807) is 10.7 Å². The van der Waals surface area contributed by atoms with Crippen LogP contribution < -0.4 is 10.1 Å². The molecule has 2 atom stereocenters. The molecule has 0 bridgehead atoms. The number of aromatic nitrogens is 4. The number of fused-ring (bicyclic) bond motifs is 1. The lowest BCUT2D eigenvalue weighted by Crippen LogP contribution is -2.40. The Morgan fingerprint density at radius 1 is 1.10 bits per heavy atom. The number of likely N-dealkylation sites (tertiary alicyclic amines) is 1. The largest absolute Gasteiger partial charge is 0.490 e. The summed E-state index contributed by atoms with van der Waals surface area (Å²) >= 11 is 0. The smallest absolute Gasteiger partial charge is 0.480 e. The Balaban J connectivity index is 0.000000671. The van der Waals surface area contributed by atoms with Crippen molar-refractivity contribution in [1.29, 1.82) is 0 Å². The van der Waals surface area contributed by atoms with E-state index in [4.69, 9.17) is 19.4 Å². The quantitative estimate of drug-likeness (QED) is 0.163. The van der Waals surface area contributed by atoms with Crippen LogP contribution in [0.4, 0.5) is 22.4 Å². The topological polar surface area (TPSA) is 169 Å². The van der Waals surface area contributed by atoms with Crippen LogP contribution in [0.3, 0.4) is 0 Å². The first kappa shape index (κ1) is 35.5. The molecule has 2 aromatic carbocycles. The van der Waals surface area contributed by atoms with E-state index in [0.717, 1.165) is 40.9 Å². The van der Waals surface area contributed by atoms with Gasteiger partial charge in [0, 0.05) is 42.4 Å². The normalized spacial score (nSPS) is 15.9. The Kier molecular flexibility index (Phi) is 11.5. The minimum absolute atomic E-state index is 0.00539. The molecule has 1 amide bonds. The number of carbonyl (C=O) groups excluding carboxylic acids is 1. The summed E-state index contributed by atoms with van der Waals surface area (Å²) in [4.78, 5) is 43.5. The summed E-state index contributed by atoms with van der Waals surface area (Å²) in [5.41, 5.74) is 3.26. The number of ether oxygens (including phenoxy) is 2. The lowest BCUT2D eigenvalue weighted by Gasteiger charge is -2.20. The van der Waals surface area contributed by atoms with Gasteiger partial charge in [0.05, 0.1) is 17.8 Å². The maximum Gasteiger partial charge on any atom is 0.490 e. The number of rotatable bonds is 10. The molecule has 5 rings (SSSR count). The Hall–Kier alpha value is -5.32. The highest BCUT2D eigenvalue weighted by Gasteiger charge is 2.42. The van der Waals surface area contributed by atoms with Crippen molar-refractivity contribution >= 4 is 28.9 Å². The predicted octanol–water partition coefficient (Wildman–Crippen LogP) is 4.20. The van der Waals surface area contributed by atoms with Crippen LogP contribution in [-0.4, -0.2) is 91.4 Å². The second kappa shape index (κ2) is 15.5. The fourth-order valence-corrected chi connectivity index (χ4v) is 5.10. The molecule has 3 N–H and O–H groups in total. The minimum Gasteiger partial charge on any atom is -0.480 e. The van der Waals surface area contributed by atoms with E-state index in [9.17, 15) is 32.3 Å². The lowest BCUT2D eigenvalue weighted by atomic mass is 10.0. The maximum atomic E-state index is 14.6. The summed E-state index contributed by atoms with van der Waals surface area (Å²) < 4.78 is 59.4. The fourth-order valence-electron chi connectivity index (χ4n) is 5.10. The highest BCUT2D eigenvalue weighted by molar-refractivity contribution is 5.96. The second-order valence-electron chi connectivity index (χ2n) is 10.7. The van der Waals surface area contributed by atoms with Crippen LogP contribution in [0, 0.1) is 5.82 Å². The SMILES string of the molecule is CNCCCc1c2c(-c3ccnc(O[C@H]4C[C@@H](C(=O)O)N(C(=O)OCc5ccccc5)C4)n3)cc(F)cc2nn1C.O=C(O)C(F)(F)F. The van der Waals surface area contributed by atoms with Gasteiger partial charge in [0.1, 0.15) is 24.6 Å². The van der Waals surface area contributed by atoms with Gasteiger partial charge in [-0.05, 0) is 44.1 Å². The number of nitrogens with one attached hydrogen (secondary N) is 1. The van der Waals surface area contributed by atoms with Crippen molar-refractivity contribution in [2.75, 3.05) is 20.1 Å². The molecule has 1 aliphatic rings. The second-order valence-corrected chi connectivity index (χ2v) is 10.7. The Morgan fingerprint density at radius 2 is 1.81 bits per heavy atom. The standard InChI is InChI=1S/C29H31FN6O5.C2HF3O2/c1-31-11-6-9-24-26-21(13-19(30)14-23(26)34-35(24)2)22-10-12-32-28(33-22)41-20-15-25(27(37)38)36(16-20)29(39)40-17-18-7-4-3-5-8-18;3-2(4,5)1(6)7/h3-5,7-8,10,12-14,20,25,31H,6,9,11,15-17H2,1-2H3,(H,37,38);(H,6,7)/t20-,25-;/m0./s1. The molecule has 1 fully saturated rings. The summed E-state index contributed by atoms with van der Waals surface area (Å²) in [5.74, 6) is -4.36. The van der Waals surface area contributed by atoms with Crippen LogP contribution in [0.1, 0.15) is 24.1 Å². The summed E-state index contributed by atoms with van der Waals surface area (Å²) in [6.45, 7) is 0.831. The van der Waals surface area contributed by atoms with Crippen LogP contribution in [0.5, 0.6) is 6.01 Å². The molecule has 1 aliphatic heterocycles. The number of aliphatic carboxylic acids is 2. The summed E-state index contributed by atoms with van der Waals surface area (Å²) in [7, 11) is 3.72. The van der Waals surface area contributed by atoms with Gasteiger partial charge in [-0.2, -0.15) is 23.3 Å². The molecule has 2 aromatic heterocycles. The van der Waals surface area contributed by atoms with E-state index < -0.39 is 42.2 Å². The van der Waals surface area contributed by atoms with Crippen LogP contribution >= 0.6 is 0 Å². The number of hydrogen-bond donors (Lipinski definition) is 3. The number of carboxylic acid groups (broad SMARTS) is 2. The molecule has 3 heterocycles. The third-order valence-electron chi connectivity index (χ3n) is 7.27. The number of carbonyl (C=O) groups is 3.